The predicted octanol–water partition coefficient (Wildman–Crippen LogP) is 1.21. The fourth-order valence-electron chi connectivity index (χ4n) is 1.68. The third-order valence-corrected chi connectivity index (χ3v) is 2.69. The van der Waals surface area contributed by atoms with E-state index in [4.69, 9.17) is 14.6 Å². The lowest BCUT2D eigenvalue weighted by atomic mass is 10.2. The van der Waals surface area contributed by atoms with E-state index in [2.05, 4.69) is 5.32 Å². The van der Waals surface area contributed by atoms with E-state index in [9.17, 15) is 4.79 Å². The molecule has 0 unspecified atom stereocenters. The van der Waals surface area contributed by atoms with Crippen LogP contribution in [0.1, 0.15) is 23.7 Å². The first-order valence-electron chi connectivity index (χ1n) is 6.36. The minimum Gasteiger partial charge on any atom is -0.497 e. The van der Waals surface area contributed by atoms with E-state index in [-0.39, 0.29) is 18.6 Å². The zero-order chi connectivity index (χ0) is 14.1. The Morgan fingerprint density at radius 3 is 2.89 bits per heavy atom. The second-order valence-corrected chi connectivity index (χ2v) is 4.04. The molecule has 0 spiro atoms. The molecule has 5 heteroatoms. The van der Waals surface area contributed by atoms with Gasteiger partial charge in [-0.3, -0.25) is 4.79 Å². The summed E-state index contributed by atoms with van der Waals surface area (Å²) in [7, 11) is 1.56. The Labute approximate surface area is 113 Å². The van der Waals surface area contributed by atoms with Gasteiger partial charge in [-0.15, -0.1) is 0 Å². The van der Waals surface area contributed by atoms with Crippen LogP contribution in [0.25, 0.3) is 0 Å². The zero-order valence-corrected chi connectivity index (χ0v) is 11.4. The maximum absolute atomic E-state index is 11.9. The molecule has 0 aromatic heterocycles. The van der Waals surface area contributed by atoms with Gasteiger partial charge in [0.15, 0.2) is 0 Å². The number of aliphatic hydroxyl groups is 1. The molecule has 0 aliphatic carbocycles. The highest BCUT2D eigenvalue weighted by atomic mass is 16.5. The van der Waals surface area contributed by atoms with Crippen molar-refractivity contribution in [3.8, 4) is 5.75 Å². The Morgan fingerprint density at radius 1 is 1.47 bits per heavy atom. The normalized spacial score (nSPS) is 11.9. The number of hydrogen-bond donors (Lipinski definition) is 2. The van der Waals surface area contributed by atoms with Gasteiger partial charge in [-0.25, -0.2) is 0 Å². The molecule has 0 saturated carbocycles. The van der Waals surface area contributed by atoms with E-state index in [1.165, 1.54) is 0 Å². The second-order valence-electron chi connectivity index (χ2n) is 4.04. The molecule has 1 atom stereocenters. The van der Waals surface area contributed by atoms with Gasteiger partial charge in [0.2, 0.25) is 0 Å². The van der Waals surface area contributed by atoms with Gasteiger partial charge < -0.3 is 19.9 Å². The number of methoxy groups -OCH3 is 1. The molecular weight excluding hydrogens is 246 g/mol. The molecule has 0 aliphatic rings. The maximum Gasteiger partial charge on any atom is 0.251 e. The molecule has 106 valence electrons. The first-order chi connectivity index (χ1) is 9.21. The van der Waals surface area contributed by atoms with Crippen LogP contribution in [0.3, 0.4) is 0 Å². The van der Waals surface area contributed by atoms with Crippen molar-refractivity contribution in [2.45, 2.75) is 19.4 Å². The van der Waals surface area contributed by atoms with Crippen LogP contribution in [0.5, 0.6) is 5.75 Å². The van der Waals surface area contributed by atoms with Crippen molar-refractivity contribution in [1.29, 1.82) is 0 Å². The first kappa shape index (κ1) is 15.5. The smallest absolute Gasteiger partial charge is 0.251 e. The quantitative estimate of drug-likeness (QED) is 0.743. The van der Waals surface area contributed by atoms with Crippen molar-refractivity contribution in [3.05, 3.63) is 29.8 Å². The van der Waals surface area contributed by atoms with Gasteiger partial charge in [-0.05, 0) is 31.5 Å². The van der Waals surface area contributed by atoms with Gasteiger partial charge >= 0.3 is 0 Å². The summed E-state index contributed by atoms with van der Waals surface area (Å²) < 4.78 is 10.4. The molecule has 19 heavy (non-hydrogen) atoms. The van der Waals surface area contributed by atoms with Crippen molar-refractivity contribution in [1.82, 2.24) is 5.32 Å². The standard InChI is InChI=1S/C14H21NO4/c1-3-19-13(10-16)7-8-15-14(17)11-5-4-6-12(9-11)18-2/h4-6,9,13,16H,3,7-8,10H2,1-2H3,(H,15,17)/t13-/m0/s1. The fourth-order valence-corrected chi connectivity index (χ4v) is 1.68. The number of carbonyl (C=O) groups is 1. The van der Waals surface area contributed by atoms with Crippen LogP contribution in [-0.4, -0.2) is 44.0 Å². The molecule has 0 radical (unpaired) electrons. The van der Waals surface area contributed by atoms with Gasteiger partial charge in [0.1, 0.15) is 5.75 Å². The SMILES string of the molecule is CCO[C@H](CO)CCNC(=O)c1cccc(OC)c1. The molecule has 0 aliphatic heterocycles. The van der Waals surface area contributed by atoms with E-state index < -0.39 is 0 Å². The number of aliphatic hydroxyl groups excluding tert-OH is 1. The molecule has 0 fully saturated rings. The third kappa shape index (κ3) is 5.28. The summed E-state index contributed by atoms with van der Waals surface area (Å²) in [6, 6.07) is 6.96. The molecular formula is C14H21NO4. The highest BCUT2D eigenvalue weighted by molar-refractivity contribution is 5.94. The fraction of sp³-hybridized carbons (Fsp3) is 0.500. The number of carbonyl (C=O) groups excluding carboxylic acids is 1. The number of ether oxygens (including phenoxy) is 2. The van der Waals surface area contributed by atoms with Crippen LogP contribution in [0.15, 0.2) is 24.3 Å². The number of benzene rings is 1. The van der Waals surface area contributed by atoms with Crippen molar-refractivity contribution >= 4 is 5.91 Å². The average molecular weight is 267 g/mol. The monoisotopic (exact) mass is 267 g/mol. The topological polar surface area (TPSA) is 67.8 Å². The Kier molecular flexibility index (Phi) is 6.92. The minimum atomic E-state index is -0.226. The Balaban J connectivity index is 2.42. The van der Waals surface area contributed by atoms with E-state index in [1.54, 1.807) is 31.4 Å². The van der Waals surface area contributed by atoms with E-state index in [0.717, 1.165) is 0 Å². The van der Waals surface area contributed by atoms with Crippen LogP contribution in [0.4, 0.5) is 0 Å². The number of nitrogens with one attached hydrogen (secondary N) is 1. The van der Waals surface area contributed by atoms with Crippen LogP contribution in [-0.2, 0) is 4.74 Å². The first-order valence-corrected chi connectivity index (χ1v) is 6.36. The summed E-state index contributed by atoms with van der Waals surface area (Å²) in [5.74, 6) is 0.488. The zero-order valence-electron chi connectivity index (χ0n) is 11.4. The van der Waals surface area contributed by atoms with Crippen molar-refractivity contribution in [2.75, 3.05) is 26.9 Å². The van der Waals surface area contributed by atoms with Gasteiger partial charge in [0, 0.05) is 18.7 Å². The van der Waals surface area contributed by atoms with Crippen LogP contribution in [0.2, 0.25) is 0 Å². The Bertz CT molecular complexity index is 395. The maximum atomic E-state index is 11.9. The summed E-state index contributed by atoms with van der Waals surface area (Å²) in [4.78, 5) is 11.9. The number of rotatable bonds is 8. The number of hydrogen-bond acceptors (Lipinski definition) is 4. The lowest BCUT2D eigenvalue weighted by molar-refractivity contribution is 0.0154. The largest absolute Gasteiger partial charge is 0.497 e. The molecule has 2 N–H and O–H groups in total. The summed E-state index contributed by atoms with van der Waals surface area (Å²) in [6.45, 7) is 2.84. The lowest BCUT2D eigenvalue weighted by Gasteiger charge is -2.14. The van der Waals surface area contributed by atoms with Crippen molar-refractivity contribution < 1.29 is 19.4 Å². The summed E-state index contributed by atoms with van der Waals surface area (Å²) in [6.07, 6.45) is 0.357. The van der Waals surface area contributed by atoms with Crippen molar-refractivity contribution in [2.24, 2.45) is 0 Å². The molecule has 1 rings (SSSR count). The molecule has 0 bridgehead atoms. The lowest BCUT2D eigenvalue weighted by Crippen LogP contribution is -2.29. The average Bonchev–Trinajstić information content (AvgIpc) is 2.46. The summed E-state index contributed by atoms with van der Waals surface area (Å²) in [5.41, 5.74) is 0.552. The minimum absolute atomic E-state index is 0.0388. The molecule has 1 aromatic carbocycles. The van der Waals surface area contributed by atoms with Crippen LogP contribution >= 0.6 is 0 Å². The highest BCUT2D eigenvalue weighted by Crippen LogP contribution is 2.12. The van der Waals surface area contributed by atoms with E-state index >= 15 is 0 Å². The van der Waals surface area contributed by atoms with Crippen molar-refractivity contribution in [3.63, 3.8) is 0 Å². The van der Waals surface area contributed by atoms with Crippen LogP contribution in [0, 0.1) is 0 Å². The van der Waals surface area contributed by atoms with Gasteiger partial charge in [0.25, 0.3) is 5.91 Å². The Hall–Kier alpha value is -1.59. The molecule has 1 aromatic rings. The second kappa shape index (κ2) is 8.50. The van der Waals surface area contributed by atoms with Crippen LogP contribution < -0.4 is 10.1 Å². The van der Waals surface area contributed by atoms with E-state index in [0.29, 0.717) is 30.9 Å². The molecule has 1 amide bonds. The molecule has 0 heterocycles. The molecule has 5 nitrogen and oxygen atoms in total. The van der Waals surface area contributed by atoms with Gasteiger partial charge in [-0.1, -0.05) is 6.07 Å². The van der Waals surface area contributed by atoms with Gasteiger partial charge in [0.05, 0.1) is 19.8 Å². The Morgan fingerprint density at radius 2 is 2.26 bits per heavy atom. The highest BCUT2D eigenvalue weighted by Gasteiger charge is 2.09. The number of amides is 1. The van der Waals surface area contributed by atoms with Gasteiger partial charge in [-0.2, -0.15) is 0 Å². The third-order valence-electron chi connectivity index (χ3n) is 2.69. The predicted molar refractivity (Wildman–Crippen MR) is 72.4 cm³/mol. The summed E-state index contributed by atoms with van der Waals surface area (Å²) >= 11 is 0. The molecule has 0 saturated heterocycles. The van der Waals surface area contributed by atoms with E-state index in [1.807, 2.05) is 6.92 Å². The summed E-state index contributed by atoms with van der Waals surface area (Å²) in [5, 5.41) is 11.8.